The van der Waals surface area contributed by atoms with Crippen molar-refractivity contribution in [3.63, 3.8) is 0 Å². The first-order valence-corrected chi connectivity index (χ1v) is 13.2. The van der Waals surface area contributed by atoms with E-state index in [-0.39, 0.29) is 37.6 Å². The maximum atomic E-state index is 13.5. The van der Waals surface area contributed by atoms with E-state index in [4.69, 9.17) is 14.2 Å². The molecule has 1 N–H and O–H groups in total. The van der Waals surface area contributed by atoms with E-state index in [0.717, 1.165) is 49.9 Å². The molecule has 2 aliphatic heterocycles. The maximum absolute atomic E-state index is 13.5. The molecule has 2 aromatic rings. The average Bonchev–Trinajstić information content (AvgIpc) is 3.53. The number of carbonyl (C=O) groups is 2. The van der Waals surface area contributed by atoms with Gasteiger partial charge in [-0.1, -0.05) is 44.9 Å². The Bertz CT molecular complexity index is 1070. The summed E-state index contributed by atoms with van der Waals surface area (Å²) in [5, 5.41) is 10.5. The molecule has 3 atom stereocenters. The second-order valence-electron chi connectivity index (χ2n) is 9.82. The number of methoxy groups -OCH3 is 1. The van der Waals surface area contributed by atoms with Gasteiger partial charge in [-0.25, -0.2) is 0 Å². The fourth-order valence-electron chi connectivity index (χ4n) is 5.41. The Balaban J connectivity index is 0.00000400. The predicted molar refractivity (Wildman–Crippen MR) is 147 cm³/mol. The molecular weight excluding hydrogens is 508 g/mol. The zero-order chi connectivity index (χ0) is 26.4. The number of hydrogen-bond acceptors (Lipinski definition) is 6. The number of unbranched alkanes of at least 4 members (excludes halogenated alkanes) is 2. The summed E-state index contributed by atoms with van der Waals surface area (Å²) in [7, 11) is 1.60. The summed E-state index contributed by atoms with van der Waals surface area (Å²) in [4.78, 5) is 30.3. The molecule has 1 amide bonds. The van der Waals surface area contributed by atoms with Gasteiger partial charge in [-0.05, 0) is 48.2 Å². The van der Waals surface area contributed by atoms with E-state index >= 15 is 0 Å². The summed E-state index contributed by atoms with van der Waals surface area (Å²) in [6.07, 6.45) is 3.94. The van der Waals surface area contributed by atoms with E-state index in [9.17, 15) is 14.7 Å². The van der Waals surface area contributed by atoms with Crippen LogP contribution in [0.3, 0.4) is 0 Å². The van der Waals surface area contributed by atoms with E-state index in [0.29, 0.717) is 23.8 Å². The molecule has 0 spiro atoms. The van der Waals surface area contributed by atoms with Gasteiger partial charge in [0.25, 0.3) is 0 Å². The molecule has 4 rings (SSSR count). The van der Waals surface area contributed by atoms with Crippen LogP contribution >= 0.6 is 12.4 Å². The summed E-state index contributed by atoms with van der Waals surface area (Å²) in [6, 6.07) is 12.7. The molecule has 0 bridgehead atoms. The zero-order valence-electron chi connectivity index (χ0n) is 22.4. The van der Waals surface area contributed by atoms with Crippen molar-refractivity contribution >= 4 is 24.3 Å². The van der Waals surface area contributed by atoms with Crippen molar-refractivity contribution in [3.8, 4) is 17.2 Å². The molecular formula is C29H39ClN2O6. The molecule has 38 heavy (non-hydrogen) atoms. The number of ether oxygens (including phenoxy) is 3. The van der Waals surface area contributed by atoms with E-state index in [1.54, 1.807) is 7.11 Å². The third-order valence-corrected chi connectivity index (χ3v) is 7.42. The van der Waals surface area contributed by atoms with Gasteiger partial charge in [-0.15, -0.1) is 12.4 Å². The molecule has 1 saturated heterocycles. The molecule has 2 heterocycles. The van der Waals surface area contributed by atoms with Gasteiger partial charge in [0.2, 0.25) is 12.7 Å². The van der Waals surface area contributed by atoms with Crippen LogP contribution in [0.1, 0.15) is 62.6 Å². The Kier molecular flexibility index (Phi) is 10.7. The van der Waals surface area contributed by atoms with E-state index < -0.39 is 17.9 Å². The SMILES string of the molecule is CCCCN(CCCC)C(=O)CN1C[C@H](c2ccc3c(c2)OCO3)C(C(=O)O)[C@@H]1c1ccc(OC)cc1.Cl. The lowest BCUT2D eigenvalue weighted by molar-refractivity contribution is -0.144. The average molecular weight is 547 g/mol. The molecule has 2 aromatic carbocycles. The number of aliphatic carboxylic acids is 1. The normalized spacial score (nSPS) is 20.1. The van der Waals surface area contributed by atoms with Crippen molar-refractivity contribution in [2.24, 2.45) is 5.92 Å². The molecule has 9 heteroatoms. The van der Waals surface area contributed by atoms with Crippen LogP contribution in [0, 0.1) is 5.92 Å². The number of carboxylic acid groups (broad SMARTS) is 1. The standard InChI is InChI=1S/C29H38N2O6.ClH/c1-4-6-14-30(15-7-5-2)26(32)18-31-17-23(21-10-13-24-25(16-21)37-19-36-24)27(29(33)34)28(31)20-8-11-22(35-3)12-9-20;/h8-13,16,23,27-28H,4-7,14-15,17-19H2,1-3H3,(H,33,34);1H/t23-,27?,28+;/m1./s1. The third-order valence-electron chi connectivity index (χ3n) is 7.42. The van der Waals surface area contributed by atoms with Crippen LogP contribution in [0.5, 0.6) is 17.2 Å². The molecule has 2 aliphatic rings. The molecule has 1 fully saturated rings. The Morgan fingerprint density at radius 3 is 2.24 bits per heavy atom. The lowest BCUT2D eigenvalue weighted by atomic mass is 9.82. The zero-order valence-corrected chi connectivity index (χ0v) is 23.2. The quantitative estimate of drug-likeness (QED) is 0.395. The molecule has 0 radical (unpaired) electrons. The van der Waals surface area contributed by atoms with Crippen LogP contribution in [0.15, 0.2) is 42.5 Å². The van der Waals surface area contributed by atoms with Gasteiger partial charge in [0, 0.05) is 31.6 Å². The maximum Gasteiger partial charge on any atom is 0.309 e. The monoisotopic (exact) mass is 546 g/mol. The van der Waals surface area contributed by atoms with Gasteiger partial charge >= 0.3 is 5.97 Å². The summed E-state index contributed by atoms with van der Waals surface area (Å²) >= 11 is 0. The molecule has 0 aromatic heterocycles. The highest BCUT2D eigenvalue weighted by atomic mass is 35.5. The minimum atomic E-state index is -0.882. The minimum absolute atomic E-state index is 0. The number of likely N-dealkylation sites (tertiary alicyclic amines) is 1. The Morgan fingerprint density at radius 1 is 1.00 bits per heavy atom. The number of hydrogen-bond donors (Lipinski definition) is 1. The molecule has 1 unspecified atom stereocenters. The van der Waals surface area contributed by atoms with Gasteiger partial charge in [-0.3, -0.25) is 14.5 Å². The summed E-state index contributed by atoms with van der Waals surface area (Å²) in [5.74, 6) is 0.113. The number of amides is 1. The number of fused-ring (bicyclic) bond motifs is 1. The number of benzene rings is 2. The third kappa shape index (κ3) is 6.53. The van der Waals surface area contributed by atoms with Gasteiger partial charge in [0.1, 0.15) is 5.75 Å². The number of rotatable bonds is 12. The topological polar surface area (TPSA) is 88.5 Å². The van der Waals surface area contributed by atoms with Crippen LogP contribution in [0.25, 0.3) is 0 Å². The lowest BCUT2D eigenvalue weighted by Gasteiger charge is -2.30. The van der Waals surface area contributed by atoms with Crippen molar-refractivity contribution in [2.45, 2.75) is 51.5 Å². The fourth-order valence-corrected chi connectivity index (χ4v) is 5.41. The van der Waals surface area contributed by atoms with Crippen LogP contribution in [-0.4, -0.2) is 66.9 Å². The van der Waals surface area contributed by atoms with Crippen LogP contribution in [-0.2, 0) is 9.59 Å². The van der Waals surface area contributed by atoms with Crippen LogP contribution in [0.4, 0.5) is 0 Å². The first kappa shape index (κ1) is 29.6. The van der Waals surface area contributed by atoms with Crippen molar-refractivity contribution in [2.75, 3.05) is 40.1 Å². The van der Waals surface area contributed by atoms with Crippen molar-refractivity contribution < 1.29 is 28.9 Å². The smallest absolute Gasteiger partial charge is 0.309 e. The summed E-state index contributed by atoms with van der Waals surface area (Å²) < 4.78 is 16.3. The van der Waals surface area contributed by atoms with Crippen molar-refractivity contribution in [3.05, 3.63) is 53.6 Å². The first-order valence-electron chi connectivity index (χ1n) is 13.2. The number of carboxylic acids is 1. The van der Waals surface area contributed by atoms with E-state index in [1.165, 1.54) is 0 Å². The minimum Gasteiger partial charge on any atom is -0.497 e. The predicted octanol–water partition coefficient (Wildman–Crippen LogP) is 5.12. The van der Waals surface area contributed by atoms with Crippen molar-refractivity contribution in [1.29, 1.82) is 0 Å². The van der Waals surface area contributed by atoms with E-state index in [2.05, 4.69) is 13.8 Å². The Hall–Kier alpha value is -2.97. The molecule has 0 aliphatic carbocycles. The second kappa shape index (κ2) is 13.7. The Labute approximate surface area is 231 Å². The lowest BCUT2D eigenvalue weighted by Crippen LogP contribution is -2.42. The Morgan fingerprint density at radius 2 is 1.63 bits per heavy atom. The molecule has 8 nitrogen and oxygen atoms in total. The highest BCUT2D eigenvalue weighted by Gasteiger charge is 2.48. The van der Waals surface area contributed by atoms with Crippen molar-refractivity contribution in [1.82, 2.24) is 9.80 Å². The number of halogens is 1. The van der Waals surface area contributed by atoms with Gasteiger partial charge in [0.05, 0.1) is 19.6 Å². The van der Waals surface area contributed by atoms with E-state index in [1.807, 2.05) is 52.3 Å². The molecule has 0 saturated carbocycles. The van der Waals surface area contributed by atoms with Gasteiger partial charge in [0.15, 0.2) is 11.5 Å². The summed E-state index contributed by atoms with van der Waals surface area (Å²) in [6.45, 7) is 6.48. The van der Waals surface area contributed by atoms with Gasteiger partial charge < -0.3 is 24.2 Å². The van der Waals surface area contributed by atoms with Gasteiger partial charge in [-0.2, -0.15) is 0 Å². The highest BCUT2D eigenvalue weighted by molar-refractivity contribution is 5.85. The van der Waals surface area contributed by atoms with Crippen LogP contribution < -0.4 is 14.2 Å². The largest absolute Gasteiger partial charge is 0.497 e. The second-order valence-corrected chi connectivity index (χ2v) is 9.82. The van der Waals surface area contributed by atoms with Crippen LogP contribution in [0.2, 0.25) is 0 Å². The first-order chi connectivity index (χ1) is 18.0. The highest BCUT2D eigenvalue weighted by Crippen LogP contribution is 2.47. The summed E-state index contributed by atoms with van der Waals surface area (Å²) in [5.41, 5.74) is 1.73. The number of nitrogens with zero attached hydrogens (tertiary/aromatic N) is 2. The fraction of sp³-hybridized carbons (Fsp3) is 0.517. The molecule has 208 valence electrons. The number of carbonyl (C=O) groups excluding carboxylic acids is 1.